The van der Waals surface area contributed by atoms with E-state index in [9.17, 15) is 9.90 Å². The summed E-state index contributed by atoms with van der Waals surface area (Å²) in [5.74, 6) is -0.439. The molecule has 1 aromatic rings. The van der Waals surface area contributed by atoms with Crippen molar-refractivity contribution in [3.8, 4) is 5.75 Å². The lowest BCUT2D eigenvalue weighted by Gasteiger charge is -2.07. The van der Waals surface area contributed by atoms with Crippen LogP contribution in [0.1, 0.15) is 15.9 Å². The van der Waals surface area contributed by atoms with Gasteiger partial charge in [-0.1, -0.05) is 6.07 Å². The van der Waals surface area contributed by atoms with Gasteiger partial charge in [-0.2, -0.15) is 0 Å². The molecule has 5 heteroatoms. The average molecular weight is 225 g/mol. The van der Waals surface area contributed by atoms with E-state index in [1.807, 2.05) is 0 Å². The first kappa shape index (κ1) is 12.5. The van der Waals surface area contributed by atoms with Crippen molar-refractivity contribution in [3.63, 3.8) is 0 Å². The van der Waals surface area contributed by atoms with E-state index in [4.69, 9.17) is 9.47 Å². The van der Waals surface area contributed by atoms with Gasteiger partial charge in [0.05, 0.1) is 12.2 Å². The Morgan fingerprint density at radius 1 is 1.38 bits per heavy atom. The molecule has 1 amide bonds. The number of carbonyl (C=O) groups is 1. The maximum absolute atomic E-state index is 11.6. The number of phenolic OH excluding ortho intramolecular Hbond substituents is 1. The third-order valence-electron chi connectivity index (χ3n) is 1.99. The summed E-state index contributed by atoms with van der Waals surface area (Å²) in [6, 6.07) is 4.76. The largest absolute Gasteiger partial charge is 0.507 e. The van der Waals surface area contributed by atoms with Crippen LogP contribution in [0.3, 0.4) is 0 Å². The Bertz CT molecular complexity index is 365. The summed E-state index contributed by atoms with van der Waals surface area (Å²) in [4.78, 5) is 11.6. The number of hydrogen-bond acceptors (Lipinski definition) is 4. The topological polar surface area (TPSA) is 67.8 Å². The number of nitrogens with one attached hydrogen (secondary N) is 1. The van der Waals surface area contributed by atoms with Crippen molar-refractivity contribution in [1.29, 1.82) is 0 Å². The normalized spacial score (nSPS) is 10.1. The minimum absolute atomic E-state index is 0.0616. The molecule has 0 radical (unpaired) electrons. The Kier molecular flexibility index (Phi) is 4.75. The second-order valence-corrected chi connectivity index (χ2v) is 3.22. The minimum Gasteiger partial charge on any atom is -0.507 e. The third-order valence-corrected chi connectivity index (χ3v) is 1.99. The fourth-order valence-corrected chi connectivity index (χ4v) is 1.25. The molecule has 88 valence electrons. The molecule has 0 aliphatic heterocycles. The number of rotatable bonds is 5. The number of ether oxygens (including phenoxy) is 2. The maximum Gasteiger partial charge on any atom is 0.256 e. The van der Waals surface area contributed by atoms with E-state index >= 15 is 0 Å². The van der Waals surface area contributed by atoms with Crippen LogP contribution in [0, 0.1) is 0 Å². The number of aromatic hydroxyl groups is 1. The van der Waals surface area contributed by atoms with Gasteiger partial charge < -0.3 is 19.9 Å². The van der Waals surface area contributed by atoms with Crippen LogP contribution in [0.4, 0.5) is 0 Å². The molecule has 0 aliphatic carbocycles. The second kappa shape index (κ2) is 6.09. The first-order valence-corrected chi connectivity index (χ1v) is 4.77. The highest BCUT2D eigenvalue weighted by atomic mass is 16.5. The quantitative estimate of drug-likeness (QED) is 0.730. The molecule has 16 heavy (non-hydrogen) atoms. The van der Waals surface area contributed by atoms with Gasteiger partial charge >= 0.3 is 0 Å². The van der Waals surface area contributed by atoms with Gasteiger partial charge in [-0.15, -0.1) is 0 Å². The van der Waals surface area contributed by atoms with Gasteiger partial charge in [-0.05, 0) is 17.7 Å². The zero-order valence-corrected chi connectivity index (χ0v) is 9.32. The molecule has 0 saturated heterocycles. The van der Waals surface area contributed by atoms with E-state index in [0.717, 1.165) is 5.56 Å². The number of phenols is 1. The van der Waals surface area contributed by atoms with Gasteiger partial charge in [-0.3, -0.25) is 4.79 Å². The van der Waals surface area contributed by atoms with Crippen LogP contribution in [0.25, 0.3) is 0 Å². The van der Waals surface area contributed by atoms with Crippen molar-refractivity contribution in [3.05, 3.63) is 29.3 Å². The first-order chi connectivity index (χ1) is 7.69. The molecule has 0 aliphatic rings. The van der Waals surface area contributed by atoms with Gasteiger partial charge in [0.2, 0.25) is 0 Å². The Morgan fingerprint density at radius 2 is 2.12 bits per heavy atom. The summed E-state index contributed by atoms with van der Waals surface area (Å²) in [5.41, 5.74) is 1.04. The lowest BCUT2D eigenvalue weighted by molar-refractivity contribution is 0.0869. The highest BCUT2D eigenvalue weighted by Gasteiger charge is 2.11. The Morgan fingerprint density at radius 3 is 2.75 bits per heavy atom. The molecule has 0 bridgehead atoms. The molecule has 0 spiro atoms. The van der Waals surface area contributed by atoms with Crippen molar-refractivity contribution in [2.45, 2.75) is 6.61 Å². The molecular formula is C11H15NO4. The molecule has 0 saturated carbocycles. The fraction of sp³-hybridized carbons (Fsp3) is 0.364. The molecule has 0 aromatic heterocycles. The lowest BCUT2D eigenvalue weighted by Crippen LogP contribution is -2.25. The van der Waals surface area contributed by atoms with Gasteiger partial charge in [0, 0.05) is 14.2 Å². The summed E-state index contributed by atoms with van der Waals surface area (Å²) in [6.45, 7) is 0.498. The number of hydrogen-bond donors (Lipinski definition) is 2. The number of carbonyl (C=O) groups excluding carboxylic acids is 1. The van der Waals surface area contributed by atoms with E-state index in [2.05, 4.69) is 5.32 Å². The summed E-state index contributed by atoms with van der Waals surface area (Å²) >= 11 is 0. The second-order valence-electron chi connectivity index (χ2n) is 3.22. The fourth-order valence-electron chi connectivity index (χ4n) is 1.25. The zero-order valence-electron chi connectivity index (χ0n) is 9.32. The summed E-state index contributed by atoms with van der Waals surface area (Å²) in [5, 5.41) is 12.0. The molecule has 2 N–H and O–H groups in total. The van der Waals surface area contributed by atoms with Crippen LogP contribution in [0.15, 0.2) is 18.2 Å². The van der Waals surface area contributed by atoms with Crippen LogP contribution < -0.4 is 5.32 Å². The smallest absolute Gasteiger partial charge is 0.256 e. The van der Waals surface area contributed by atoms with E-state index < -0.39 is 0 Å². The Labute approximate surface area is 94.0 Å². The molecular weight excluding hydrogens is 210 g/mol. The van der Waals surface area contributed by atoms with Crippen molar-refractivity contribution >= 4 is 5.91 Å². The van der Waals surface area contributed by atoms with Crippen molar-refractivity contribution < 1.29 is 19.4 Å². The van der Waals surface area contributed by atoms with Crippen molar-refractivity contribution in [2.24, 2.45) is 0 Å². The van der Waals surface area contributed by atoms with Gasteiger partial charge in [0.15, 0.2) is 0 Å². The van der Waals surface area contributed by atoms with Crippen LogP contribution in [0.5, 0.6) is 5.75 Å². The monoisotopic (exact) mass is 225 g/mol. The number of benzene rings is 1. The highest BCUT2D eigenvalue weighted by Crippen LogP contribution is 2.18. The van der Waals surface area contributed by atoms with E-state index in [-0.39, 0.29) is 24.0 Å². The lowest BCUT2D eigenvalue weighted by atomic mass is 10.1. The molecule has 0 unspecified atom stereocenters. The average Bonchev–Trinajstić information content (AvgIpc) is 2.29. The van der Waals surface area contributed by atoms with Crippen LogP contribution in [0.2, 0.25) is 0 Å². The van der Waals surface area contributed by atoms with E-state index in [0.29, 0.717) is 6.61 Å². The summed E-state index contributed by atoms with van der Waals surface area (Å²) < 4.78 is 9.66. The van der Waals surface area contributed by atoms with E-state index in [1.54, 1.807) is 19.2 Å². The Hall–Kier alpha value is -1.59. The van der Waals surface area contributed by atoms with Crippen LogP contribution >= 0.6 is 0 Å². The Balaban J connectivity index is 2.84. The van der Waals surface area contributed by atoms with Gasteiger partial charge in [0.1, 0.15) is 12.5 Å². The molecule has 1 rings (SSSR count). The molecule has 0 atom stereocenters. The van der Waals surface area contributed by atoms with Crippen LogP contribution in [-0.2, 0) is 16.1 Å². The first-order valence-electron chi connectivity index (χ1n) is 4.77. The van der Waals surface area contributed by atoms with Gasteiger partial charge in [-0.25, -0.2) is 0 Å². The highest BCUT2D eigenvalue weighted by molar-refractivity contribution is 5.96. The number of amides is 1. The molecule has 0 fully saturated rings. The molecule has 1 aromatic carbocycles. The SMILES string of the molecule is COCNC(=O)c1cc(COC)ccc1O. The minimum atomic E-state index is -0.377. The maximum atomic E-state index is 11.6. The third kappa shape index (κ3) is 3.22. The van der Waals surface area contributed by atoms with Gasteiger partial charge in [0.25, 0.3) is 5.91 Å². The summed E-state index contributed by atoms with van der Waals surface area (Å²) in [7, 11) is 3.04. The predicted molar refractivity (Wildman–Crippen MR) is 58.2 cm³/mol. The molecule has 0 heterocycles. The van der Waals surface area contributed by atoms with Crippen molar-refractivity contribution in [1.82, 2.24) is 5.32 Å². The van der Waals surface area contributed by atoms with E-state index in [1.165, 1.54) is 13.2 Å². The van der Waals surface area contributed by atoms with Crippen molar-refractivity contribution in [2.75, 3.05) is 21.0 Å². The predicted octanol–water partition coefficient (Wildman–Crippen LogP) is 0.872. The standard InChI is InChI=1S/C11H15NO4/c1-15-6-8-3-4-10(13)9(5-8)11(14)12-7-16-2/h3-5,13H,6-7H2,1-2H3,(H,12,14). The molecule has 5 nitrogen and oxygen atoms in total. The summed E-state index contributed by atoms with van der Waals surface area (Å²) in [6.07, 6.45) is 0. The zero-order chi connectivity index (χ0) is 12.0. The number of methoxy groups -OCH3 is 2. The van der Waals surface area contributed by atoms with Crippen LogP contribution in [-0.4, -0.2) is 32.0 Å².